The van der Waals surface area contributed by atoms with E-state index in [1.54, 1.807) is 31.4 Å². The summed E-state index contributed by atoms with van der Waals surface area (Å²) in [6, 6.07) is 6.88. The molecular formula is C12H15NO3. The Bertz CT molecular complexity index is 346. The van der Waals surface area contributed by atoms with Crippen molar-refractivity contribution in [2.45, 2.75) is 12.8 Å². The van der Waals surface area contributed by atoms with Gasteiger partial charge >= 0.3 is 0 Å². The Morgan fingerprint density at radius 1 is 1.38 bits per heavy atom. The van der Waals surface area contributed by atoms with E-state index < -0.39 is 0 Å². The number of methoxy groups -OCH3 is 1. The number of rotatable bonds is 6. The highest BCUT2D eigenvalue weighted by atomic mass is 16.5. The Hall–Kier alpha value is -1.84. The second-order valence-electron chi connectivity index (χ2n) is 3.29. The molecule has 0 fully saturated rings. The van der Waals surface area contributed by atoms with Gasteiger partial charge in [0.05, 0.1) is 7.11 Å². The summed E-state index contributed by atoms with van der Waals surface area (Å²) in [4.78, 5) is 21.6. The highest BCUT2D eigenvalue weighted by Gasteiger charge is 2.03. The minimum atomic E-state index is -0.131. The van der Waals surface area contributed by atoms with Crippen molar-refractivity contribution in [2.75, 3.05) is 13.7 Å². The lowest BCUT2D eigenvalue weighted by molar-refractivity contribution is -0.107. The molecule has 86 valence electrons. The van der Waals surface area contributed by atoms with E-state index in [0.29, 0.717) is 24.9 Å². The van der Waals surface area contributed by atoms with E-state index in [9.17, 15) is 9.59 Å². The van der Waals surface area contributed by atoms with Crippen LogP contribution in [-0.4, -0.2) is 25.8 Å². The number of ether oxygens (including phenoxy) is 1. The number of unbranched alkanes of at least 4 members (excludes halogenated alkanes) is 1. The molecule has 16 heavy (non-hydrogen) atoms. The van der Waals surface area contributed by atoms with Crippen LogP contribution in [0.25, 0.3) is 0 Å². The quantitative estimate of drug-likeness (QED) is 0.583. The van der Waals surface area contributed by atoms with E-state index in [1.807, 2.05) is 0 Å². The Labute approximate surface area is 94.6 Å². The molecular weight excluding hydrogens is 206 g/mol. The van der Waals surface area contributed by atoms with Gasteiger partial charge in [-0.15, -0.1) is 0 Å². The first-order valence-corrected chi connectivity index (χ1v) is 5.14. The summed E-state index contributed by atoms with van der Waals surface area (Å²) < 4.78 is 4.99. The maximum atomic E-state index is 11.6. The number of carbonyl (C=O) groups excluding carboxylic acids is 2. The van der Waals surface area contributed by atoms with Crippen molar-refractivity contribution >= 4 is 12.2 Å². The highest BCUT2D eigenvalue weighted by Crippen LogP contribution is 2.10. The maximum absolute atomic E-state index is 11.6. The van der Waals surface area contributed by atoms with Crippen LogP contribution in [0.5, 0.6) is 5.75 Å². The van der Waals surface area contributed by atoms with E-state index >= 15 is 0 Å². The summed E-state index contributed by atoms with van der Waals surface area (Å²) in [7, 11) is 1.58. The van der Waals surface area contributed by atoms with Crippen molar-refractivity contribution < 1.29 is 14.3 Å². The molecule has 0 spiro atoms. The zero-order chi connectivity index (χ0) is 11.8. The number of carbonyl (C=O) groups is 2. The first-order valence-electron chi connectivity index (χ1n) is 5.14. The van der Waals surface area contributed by atoms with Crippen molar-refractivity contribution in [3.63, 3.8) is 0 Å². The van der Waals surface area contributed by atoms with Gasteiger partial charge in [-0.3, -0.25) is 4.79 Å². The first-order chi connectivity index (χ1) is 7.77. The molecule has 0 heterocycles. The first kappa shape index (κ1) is 12.2. The van der Waals surface area contributed by atoms with Gasteiger partial charge in [0.25, 0.3) is 5.91 Å². The topological polar surface area (TPSA) is 55.4 Å². The van der Waals surface area contributed by atoms with Crippen molar-refractivity contribution in [2.24, 2.45) is 0 Å². The molecule has 1 rings (SSSR count). The fourth-order valence-corrected chi connectivity index (χ4v) is 1.23. The Morgan fingerprint density at radius 2 is 2.06 bits per heavy atom. The van der Waals surface area contributed by atoms with Gasteiger partial charge in [0.15, 0.2) is 0 Å². The number of amides is 1. The molecule has 0 aliphatic heterocycles. The fourth-order valence-electron chi connectivity index (χ4n) is 1.23. The average Bonchev–Trinajstić information content (AvgIpc) is 2.34. The van der Waals surface area contributed by atoms with Gasteiger partial charge < -0.3 is 14.8 Å². The molecule has 0 unspecified atom stereocenters. The van der Waals surface area contributed by atoms with Crippen LogP contribution in [0, 0.1) is 0 Å². The van der Waals surface area contributed by atoms with Crippen molar-refractivity contribution in [1.29, 1.82) is 0 Å². The third-order valence-corrected chi connectivity index (χ3v) is 2.14. The fraction of sp³-hybridized carbons (Fsp3) is 0.333. The molecule has 1 amide bonds. The van der Waals surface area contributed by atoms with E-state index in [-0.39, 0.29) is 5.91 Å². The molecule has 0 aliphatic rings. The largest absolute Gasteiger partial charge is 0.497 e. The van der Waals surface area contributed by atoms with Gasteiger partial charge in [0.1, 0.15) is 12.0 Å². The summed E-state index contributed by atoms with van der Waals surface area (Å²) in [6.45, 7) is 0.517. The lowest BCUT2D eigenvalue weighted by Crippen LogP contribution is -2.24. The molecule has 4 nitrogen and oxygen atoms in total. The lowest BCUT2D eigenvalue weighted by Gasteiger charge is -2.04. The van der Waals surface area contributed by atoms with Crippen LogP contribution in [0.2, 0.25) is 0 Å². The molecule has 1 aromatic rings. The van der Waals surface area contributed by atoms with Crippen LogP contribution < -0.4 is 10.1 Å². The standard InChI is InChI=1S/C12H15NO3/c1-16-11-6-4-10(5-7-11)12(15)13-8-2-3-9-14/h4-7,9H,2-3,8H2,1H3,(H,13,15). The van der Waals surface area contributed by atoms with Crippen LogP contribution in [0.4, 0.5) is 0 Å². The van der Waals surface area contributed by atoms with Gasteiger partial charge in [-0.1, -0.05) is 0 Å². The summed E-state index contributed by atoms with van der Waals surface area (Å²) >= 11 is 0. The molecule has 0 atom stereocenters. The Balaban J connectivity index is 2.43. The van der Waals surface area contributed by atoms with Crippen LogP contribution in [-0.2, 0) is 4.79 Å². The zero-order valence-electron chi connectivity index (χ0n) is 9.23. The number of benzene rings is 1. The SMILES string of the molecule is COc1ccc(C(=O)NCCCC=O)cc1. The molecule has 0 radical (unpaired) electrons. The number of aldehydes is 1. The summed E-state index contributed by atoms with van der Waals surface area (Å²) in [6.07, 6.45) is 1.99. The van der Waals surface area contributed by atoms with Gasteiger partial charge in [0.2, 0.25) is 0 Å². The summed E-state index contributed by atoms with van der Waals surface area (Å²) in [5, 5.41) is 2.73. The van der Waals surface area contributed by atoms with Gasteiger partial charge in [-0.2, -0.15) is 0 Å². The van der Waals surface area contributed by atoms with E-state index in [2.05, 4.69) is 5.32 Å². The van der Waals surface area contributed by atoms with Crippen molar-refractivity contribution in [3.8, 4) is 5.75 Å². The second kappa shape index (κ2) is 6.61. The van der Waals surface area contributed by atoms with Crippen LogP contribution in [0.1, 0.15) is 23.2 Å². The van der Waals surface area contributed by atoms with Gasteiger partial charge in [-0.25, -0.2) is 0 Å². The molecule has 0 saturated carbocycles. The van der Waals surface area contributed by atoms with E-state index in [1.165, 1.54) is 0 Å². The second-order valence-corrected chi connectivity index (χ2v) is 3.29. The van der Waals surface area contributed by atoms with Gasteiger partial charge in [0, 0.05) is 18.5 Å². The summed E-state index contributed by atoms with van der Waals surface area (Å²) in [5.74, 6) is 0.589. The van der Waals surface area contributed by atoms with Crippen LogP contribution in [0.3, 0.4) is 0 Å². The monoisotopic (exact) mass is 221 g/mol. The van der Waals surface area contributed by atoms with Crippen LogP contribution >= 0.6 is 0 Å². The molecule has 4 heteroatoms. The molecule has 1 aromatic carbocycles. The zero-order valence-corrected chi connectivity index (χ0v) is 9.23. The normalized spacial score (nSPS) is 9.56. The molecule has 1 N–H and O–H groups in total. The maximum Gasteiger partial charge on any atom is 0.251 e. The molecule has 0 bridgehead atoms. The van der Waals surface area contributed by atoms with E-state index in [0.717, 1.165) is 12.0 Å². The lowest BCUT2D eigenvalue weighted by atomic mass is 10.2. The number of nitrogens with one attached hydrogen (secondary N) is 1. The number of hydrogen-bond acceptors (Lipinski definition) is 3. The predicted molar refractivity (Wildman–Crippen MR) is 60.6 cm³/mol. The van der Waals surface area contributed by atoms with Crippen LogP contribution in [0.15, 0.2) is 24.3 Å². The highest BCUT2D eigenvalue weighted by molar-refractivity contribution is 5.94. The number of hydrogen-bond donors (Lipinski definition) is 1. The molecule has 0 aliphatic carbocycles. The minimum Gasteiger partial charge on any atom is -0.497 e. The minimum absolute atomic E-state index is 0.131. The van der Waals surface area contributed by atoms with E-state index in [4.69, 9.17) is 4.74 Å². The molecule has 0 aromatic heterocycles. The van der Waals surface area contributed by atoms with Crippen molar-refractivity contribution in [1.82, 2.24) is 5.32 Å². The molecule has 0 saturated heterocycles. The Kier molecular flexibility index (Phi) is 5.05. The smallest absolute Gasteiger partial charge is 0.251 e. The third kappa shape index (κ3) is 3.73. The van der Waals surface area contributed by atoms with Crippen molar-refractivity contribution in [3.05, 3.63) is 29.8 Å². The Morgan fingerprint density at radius 3 is 2.62 bits per heavy atom. The summed E-state index contributed by atoms with van der Waals surface area (Å²) in [5.41, 5.74) is 0.590. The third-order valence-electron chi connectivity index (χ3n) is 2.14. The van der Waals surface area contributed by atoms with Gasteiger partial charge in [-0.05, 0) is 30.7 Å². The predicted octanol–water partition coefficient (Wildman–Crippen LogP) is 1.40. The average molecular weight is 221 g/mol.